The van der Waals surface area contributed by atoms with Crippen LogP contribution >= 0.6 is 0 Å². The topological polar surface area (TPSA) is 97.6 Å². The minimum atomic E-state index is -0.305. The van der Waals surface area contributed by atoms with Gasteiger partial charge in [0.15, 0.2) is 5.82 Å². The normalized spacial score (nSPS) is 13.9. The Bertz CT molecular complexity index is 1020. The van der Waals surface area contributed by atoms with Crippen LogP contribution in [-0.4, -0.2) is 53.2 Å². The number of anilines is 1. The van der Waals surface area contributed by atoms with Crippen LogP contribution in [0.3, 0.4) is 0 Å². The van der Waals surface area contributed by atoms with Gasteiger partial charge in [-0.05, 0) is 43.3 Å². The van der Waals surface area contributed by atoms with Gasteiger partial charge in [0.2, 0.25) is 0 Å². The summed E-state index contributed by atoms with van der Waals surface area (Å²) in [5.74, 6) is 0.520. The van der Waals surface area contributed by atoms with E-state index in [1.54, 1.807) is 60.4 Å². The zero-order valence-electron chi connectivity index (χ0n) is 15.9. The summed E-state index contributed by atoms with van der Waals surface area (Å²) in [7, 11) is 0. The van der Waals surface area contributed by atoms with E-state index in [0.29, 0.717) is 54.8 Å². The van der Waals surface area contributed by atoms with Crippen LogP contribution < -0.4 is 5.32 Å². The highest BCUT2D eigenvalue weighted by atomic mass is 16.5. The number of benzene rings is 2. The third kappa shape index (κ3) is 4.17. The van der Waals surface area contributed by atoms with E-state index in [9.17, 15) is 9.59 Å². The van der Waals surface area contributed by atoms with Gasteiger partial charge in [0.25, 0.3) is 17.7 Å². The van der Waals surface area contributed by atoms with E-state index in [1.165, 1.54) is 0 Å². The van der Waals surface area contributed by atoms with Gasteiger partial charge in [-0.2, -0.15) is 4.98 Å². The Balaban J connectivity index is 1.50. The zero-order chi connectivity index (χ0) is 20.2. The highest BCUT2D eigenvalue weighted by Crippen LogP contribution is 2.21. The van der Waals surface area contributed by atoms with E-state index in [4.69, 9.17) is 9.26 Å². The largest absolute Gasteiger partial charge is 0.378 e. The molecule has 0 radical (unpaired) electrons. The number of hydrogen-bond donors (Lipinski definition) is 1. The number of para-hydroxylation sites is 1. The van der Waals surface area contributed by atoms with E-state index >= 15 is 0 Å². The molecule has 8 nitrogen and oxygen atoms in total. The van der Waals surface area contributed by atoms with Crippen LogP contribution in [0, 0.1) is 6.92 Å². The van der Waals surface area contributed by atoms with Crippen LogP contribution in [0.2, 0.25) is 0 Å². The van der Waals surface area contributed by atoms with Gasteiger partial charge in [0.05, 0.1) is 24.5 Å². The molecule has 1 aliphatic rings. The molecule has 3 aromatic rings. The van der Waals surface area contributed by atoms with Gasteiger partial charge in [-0.25, -0.2) is 0 Å². The SMILES string of the molecule is Cc1noc(-c2ccc(C(=O)Nc3ccccc3C(=O)N3CCOCC3)cc2)n1. The molecule has 8 heteroatoms. The molecule has 2 aromatic carbocycles. The van der Waals surface area contributed by atoms with Crippen molar-refractivity contribution in [3.63, 3.8) is 0 Å². The molecule has 2 amide bonds. The second-order valence-corrected chi connectivity index (χ2v) is 6.63. The standard InChI is InChI=1S/C21H20N4O4/c1-14-22-20(29-24-14)16-8-6-15(7-9-16)19(26)23-18-5-3-2-4-17(18)21(27)25-10-12-28-13-11-25/h2-9H,10-13H2,1H3,(H,23,26). The minimum absolute atomic E-state index is 0.119. The molecule has 148 valence electrons. The maximum Gasteiger partial charge on any atom is 0.257 e. The molecule has 0 spiro atoms. The van der Waals surface area contributed by atoms with Gasteiger partial charge in [0, 0.05) is 24.2 Å². The summed E-state index contributed by atoms with van der Waals surface area (Å²) < 4.78 is 10.4. The molecule has 1 aliphatic heterocycles. The molecule has 2 heterocycles. The molecule has 0 atom stereocenters. The quantitative estimate of drug-likeness (QED) is 0.733. The maximum atomic E-state index is 12.8. The number of carbonyl (C=O) groups excluding carboxylic acids is 2. The van der Waals surface area contributed by atoms with Crippen LogP contribution in [0.15, 0.2) is 53.1 Å². The highest BCUT2D eigenvalue weighted by Gasteiger charge is 2.21. The van der Waals surface area contributed by atoms with Gasteiger partial charge in [-0.3, -0.25) is 9.59 Å². The first-order valence-electron chi connectivity index (χ1n) is 9.30. The summed E-state index contributed by atoms with van der Waals surface area (Å²) >= 11 is 0. The number of nitrogens with zero attached hydrogens (tertiary/aromatic N) is 3. The Morgan fingerprint density at radius 3 is 2.45 bits per heavy atom. The van der Waals surface area contributed by atoms with Gasteiger partial charge in [0.1, 0.15) is 0 Å². The predicted octanol–water partition coefficient (Wildman–Crippen LogP) is 2.77. The van der Waals surface area contributed by atoms with E-state index in [1.807, 2.05) is 0 Å². The van der Waals surface area contributed by atoms with E-state index in [2.05, 4.69) is 15.5 Å². The summed E-state index contributed by atoms with van der Waals surface area (Å²) in [5.41, 5.74) is 2.12. The number of morpholine rings is 1. The van der Waals surface area contributed by atoms with Gasteiger partial charge in [-0.15, -0.1) is 0 Å². The molecule has 4 rings (SSSR count). The molecular weight excluding hydrogens is 372 g/mol. The fourth-order valence-electron chi connectivity index (χ4n) is 3.09. The lowest BCUT2D eigenvalue weighted by atomic mass is 10.1. The fraction of sp³-hybridized carbons (Fsp3) is 0.238. The van der Waals surface area contributed by atoms with Crippen LogP contribution in [-0.2, 0) is 4.74 Å². The summed E-state index contributed by atoms with van der Waals surface area (Å²) in [4.78, 5) is 31.4. The van der Waals surface area contributed by atoms with Crippen molar-refractivity contribution in [1.29, 1.82) is 0 Å². The molecule has 1 N–H and O–H groups in total. The van der Waals surface area contributed by atoms with Crippen LogP contribution in [0.5, 0.6) is 0 Å². The monoisotopic (exact) mass is 392 g/mol. The van der Waals surface area contributed by atoms with Gasteiger partial charge >= 0.3 is 0 Å². The number of carbonyl (C=O) groups is 2. The van der Waals surface area contributed by atoms with Crippen molar-refractivity contribution in [1.82, 2.24) is 15.0 Å². The van der Waals surface area contributed by atoms with Gasteiger partial charge in [-0.1, -0.05) is 17.3 Å². The smallest absolute Gasteiger partial charge is 0.257 e. The minimum Gasteiger partial charge on any atom is -0.378 e. The third-order valence-corrected chi connectivity index (χ3v) is 4.63. The predicted molar refractivity (Wildman–Crippen MR) is 106 cm³/mol. The van der Waals surface area contributed by atoms with Crippen molar-refractivity contribution in [3.05, 3.63) is 65.5 Å². The number of hydrogen-bond acceptors (Lipinski definition) is 6. The fourth-order valence-corrected chi connectivity index (χ4v) is 3.09. The Morgan fingerprint density at radius 2 is 1.76 bits per heavy atom. The zero-order valence-corrected chi connectivity index (χ0v) is 15.9. The highest BCUT2D eigenvalue weighted by molar-refractivity contribution is 6.09. The Kier molecular flexibility index (Phi) is 5.35. The molecule has 0 aliphatic carbocycles. The van der Waals surface area contributed by atoms with Crippen LogP contribution in [0.4, 0.5) is 5.69 Å². The lowest BCUT2D eigenvalue weighted by molar-refractivity contribution is 0.0303. The lowest BCUT2D eigenvalue weighted by Gasteiger charge is -2.27. The first kappa shape index (κ1) is 18.8. The van der Waals surface area contributed by atoms with E-state index in [-0.39, 0.29) is 11.8 Å². The second kappa shape index (κ2) is 8.24. The van der Waals surface area contributed by atoms with Crippen LogP contribution in [0.1, 0.15) is 26.5 Å². The molecule has 0 bridgehead atoms. The Hall–Kier alpha value is -3.52. The van der Waals surface area contributed by atoms with Crippen molar-refractivity contribution in [2.75, 3.05) is 31.6 Å². The van der Waals surface area contributed by atoms with Crippen molar-refractivity contribution >= 4 is 17.5 Å². The summed E-state index contributed by atoms with van der Waals surface area (Å²) in [6.45, 7) is 3.86. The number of rotatable bonds is 4. The van der Waals surface area contributed by atoms with Crippen molar-refractivity contribution in [2.24, 2.45) is 0 Å². The average Bonchev–Trinajstić information content (AvgIpc) is 3.20. The second-order valence-electron chi connectivity index (χ2n) is 6.63. The van der Waals surface area contributed by atoms with E-state index < -0.39 is 0 Å². The molecular formula is C21H20N4O4. The van der Waals surface area contributed by atoms with Crippen molar-refractivity contribution in [2.45, 2.75) is 6.92 Å². The summed E-state index contributed by atoms with van der Waals surface area (Å²) in [6.07, 6.45) is 0. The third-order valence-electron chi connectivity index (χ3n) is 4.63. The molecule has 0 unspecified atom stereocenters. The number of amides is 2. The van der Waals surface area contributed by atoms with Crippen molar-refractivity contribution in [3.8, 4) is 11.5 Å². The van der Waals surface area contributed by atoms with Gasteiger partial charge < -0.3 is 19.5 Å². The lowest BCUT2D eigenvalue weighted by Crippen LogP contribution is -2.41. The maximum absolute atomic E-state index is 12.8. The first-order valence-corrected chi connectivity index (χ1v) is 9.30. The number of nitrogens with one attached hydrogen (secondary N) is 1. The Labute approximate surface area is 167 Å². The van der Waals surface area contributed by atoms with E-state index in [0.717, 1.165) is 5.56 Å². The van der Waals surface area contributed by atoms with Crippen LogP contribution in [0.25, 0.3) is 11.5 Å². The first-order chi connectivity index (χ1) is 14.1. The number of ether oxygens (including phenoxy) is 1. The summed E-state index contributed by atoms with van der Waals surface area (Å²) in [6, 6.07) is 13.8. The number of aryl methyl sites for hydroxylation is 1. The number of aromatic nitrogens is 2. The molecule has 1 saturated heterocycles. The molecule has 1 fully saturated rings. The molecule has 29 heavy (non-hydrogen) atoms. The molecule has 1 aromatic heterocycles. The Morgan fingerprint density at radius 1 is 1.03 bits per heavy atom. The average molecular weight is 392 g/mol. The summed E-state index contributed by atoms with van der Waals surface area (Å²) in [5, 5.41) is 6.60. The molecule has 0 saturated carbocycles. The van der Waals surface area contributed by atoms with Crippen molar-refractivity contribution < 1.29 is 18.8 Å².